The average molecular weight is 292 g/mol. The fraction of sp³-hybridized carbons (Fsp3) is 0.385. The summed E-state index contributed by atoms with van der Waals surface area (Å²) in [5.74, 6) is -1.18. The van der Waals surface area contributed by atoms with Gasteiger partial charge >= 0.3 is 11.7 Å². The molecule has 1 N–H and O–H groups in total. The van der Waals surface area contributed by atoms with Gasteiger partial charge in [-0.2, -0.15) is 0 Å². The van der Waals surface area contributed by atoms with Crippen LogP contribution in [0, 0.1) is 0 Å². The van der Waals surface area contributed by atoms with Gasteiger partial charge in [0, 0.05) is 26.2 Å². The highest BCUT2D eigenvalue weighted by Crippen LogP contribution is 1.98. The molecule has 0 saturated carbocycles. The lowest BCUT2D eigenvalue weighted by Gasteiger charge is -2.15. The van der Waals surface area contributed by atoms with Crippen molar-refractivity contribution in [2.24, 2.45) is 0 Å². The maximum absolute atomic E-state index is 12.0. The van der Waals surface area contributed by atoms with Gasteiger partial charge in [-0.1, -0.05) is 6.07 Å². The van der Waals surface area contributed by atoms with Crippen LogP contribution in [0.2, 0.25) is 0 Å². The Morgan fingerprint density at radius 3 is 2.81 bits per heavy atom. The van der Waals surface area contributed by atoms with Gasteiger partial charge in [0.25, 0.3) is 0 Å². The number of amides is 1. The molecule has 0 aliphatic heterocycles. The standard InChI is InChI=1S/C13H16N4O4/c1-15(7-4-6-12(19)20)11(18)9-17-13(21)16-8-3-2-5-10(16)14-17/h2-3,5,8H,4,6-7,9H2,1H3,(H,19,20). The van der Waals surface area contributed by atoms with Crippen molar-refractivity contribution in [2.75, 3.05) is 13.6 Å². The highest BCUT2D eigenvalue weighted by Gasteiger charge is 2.14. The van der Waals surface area contributed by atoms with Crippen LogP contribution < -0.4 is 5.69 Å². The van der Waals surface area contributed by atoms with Crippen LogP contribution in [0.25, 0.3) is 5.65 Å². The Kier molecular flexibility index (Phi) is 4.36. The Bertz CT molecular complexity index is 718. The van der Waals surface area contributed by atoms with Crippen LogP contribution in [0.4, 0.5) is 0 Å². The van der Waals surface area contributed by atoms with E-state index in [1.807, 2.05) is 0 Å². The molecule has 2 heterocycles. The molecule has 0 saturated heterocycles. The fourth-order valence-electron chi connectivity index (χ4n) is 1.91. The Hall–Kier alpha value is -2.64. The number of pyridine rings is 1. The number of fused-ring (bicyclic) bond motifs is 1. The molecule has 0 spiro atoms. The van der Waals surface area contributed by atoms with E-state index in [9.17, 15) is 14.4 Å². The van der Waals surface area contributed by atoms with Gasteiger partial charge < -0.3 is 10.0 Å². The number of aliphatic carboxylic acids is 1. The first-order chi connectivity index (χ1) is 9.99. The second-order valence-corrected chi connectivity index (χ2v) is 4.68. The number of carbonyl (C=O) groups excluding carboxylic acids is 1. The van der Waals surface area contributed by atoms with Crippen molar-refractivity contribution in [1.29, 1.82) is 0 Å². The maximum atomic E-state index is 12.0. The quantitative estimate of drug-likeness (QED) is 0.796. The third-order valence-electron chi connectivity index (χ3n) is 3.08. The number of nitrogens with zero attached hydrogens (tertiary/aromatic N) is 4. The van der Waals surface area contributed by atoms with Crippen LogP contribution in [-0.4, -0.2) is 49.7 Å². The molecule has 0 aliphatic carbocycles. The van der Waals surface area contributed by atoms with E-state index in [4.69, 9.17) is 5.11 Å². The van der Waals surface area contributed by atoms with Gasteiger partial charge in [-0.15, -0.1) is 5.10 Å². The highest BCUT2D eigenvalue weighted by atomic mass is 16.4. The largest absolute Gasteiger partial charge is 0.481 e. The zero-order valence-electron chi connectivity index (χ0n) is 11.6. The van der Waals surface area contributed by atoms with Crippen LogP contribution in [-0.2, 0) is 16.1 Å². The van der Waals surface area contributed by atoms with E-state index in [1.54, 1.807) is 31.4 Å². The number of likely N-dealkylation sites (N-methyl/N-ethyl adjacent to an activating group) is 1. The van der Waals surface area contributed by atoms with Gasteiger partial charge in [-0.25, -0.2) is 9.48 Å². The van der Waals surface area contributed by atoms with E-state index in [0.29, 0.717) is 18.6 Å². The number of hydrogen-bond acceptors (Lipinski definition) is 4. The van der Waals surface area contributed by atoms with Crippen molar-refractivity contribution in [3.05, 3.63) is 34.9 Å². The molecule has 8 heteroatoms. The summed E-state index contributed by atoms with van der Waals surface area (Å²) >= 11 is 0. The molecule has 1 amide bonds. The van der Waals surface area contributed by atoms with E-state index >= 15 is 0 Å². The van der Waals surface area contributed by atoms with Crippen molar-refractivity contribution >= 4 is 17.5 Å². The highest BCUT2D eigenvalue weighted by molar-refractivity contribution is 5.75. The maximum Gasteiger partial charge on any atom is 0.350 e. The molecule has 112 valence electrons. The van der Waals surface area contributed by atoms with E-state index < -0.39 is 5.97 Å². The zero-order valence-corrected chi connectivity index (χ0v) is 11.6. The van der Waals surface area contributed by atoms with Crippen molar-refractivity contribution in [3.63, 3.8) is 0 Å². The smallest absolute Gasteiger partial charge is 0.350 e. The van der Waals surface area contributed by atoms with Gasteiger partial charge in [0.1, 0.15) is 6.54 Å². The van der Waals surface area contributed by atoms with Crippen LogP contribution >= 0.6 is 0 Å². The van der Waals surface area contributed by atoms with Crippen molar-refractivity contribution in [2.45, 2.75) is 19.4 Å². The second kappa shape index (κ2) is 6.21. The summed E-state index contributed by atoms with van der Waals surface area (Å²) < 4.78 is 2.46. The molecule has 0 radical (unpaired) electrons. The minimum Gasteiger partial charge on any atom is -0.481 e. The van der Waals surface area contributed by atoms with Crippen LogP contribution in [0.3, 0.4) is 0 Å². The molecule has 2 aromatic heterocycles. The third-order valence-corrected chi connectivity index (χ3v) is 3.08. The lowest BCUT2D eigenvalue weighted by Crippen LogP contribution is -2.35. The molecular formula is C13H16N4O4. The van der Waals surface area contributed by atoms with E-state index in [1.165, 1.54) is 9.30 Å². The predicted molar refractivity (Wildman–Crippen MR) is 74.0 cm³/mol. The molecule has 21 heavy (non-hydrogen) atoms. The minimum absolute atomic E-state index is 0.00589. The Morgan fingerprint density at radius 2 is 2.14 bits per heavy atom. The summed E-state index contributed by atoms with van der Waals surface area (Å²) in [5, 5.41) is 12.6. The summed E-state index contributed by atoms with van der Waals surface area (Å²) in [4.78, 5) is 35.8. The Labute approximate surface area is 120 Å². The summed E-state index contributed by atoms with van der Waals surface area (Å²) in [6.07, 6.45) is 1.96. The monoisotopic (exact) mass is 292 g/mol. The Morgan fingerprint density at radius 1 is 1.38 bits per heavy atom. The summed E-state index contributed by atoms with van der Waals surface area (Å²) in [7, 11) is 1.57. The van der Waals surface area contributed by atoms with Crippen molar-refractivity contribution < 1.29 is 14.7 Å². The first-order valence-electron chi connectivity index (χ1n) is 6.49. The van der Waals surface area contributed by atoms with Gasteiger partial charge in [0.2, 0.25) is 5.91 Å². The molecular weight excluding hydrogens is 276 g/mol. The van der Waals surface area contributed by atoms with Crippen LogP contribution in [0.1, 0.15) is 12.8 Å². The molecule has 0 unspecified atom stereocenters. The number of aromatic nitrogens is 3. The molecule has 0 aromatic carbocycles. The molecule has 0 fully saturated rings. The molecule has 0 atom stereocenters. The predicted octanol–water partition coefficient (Wildman–Crippen LogP) is -0.181. The lowest BCUT2D eigenvalue weighted by atomic mass is 10.3. The average Bonchev–Trinajstić information content (AvgIpc) is 2.75. The fourth-order valence-corrected chi connectivity index (χ4v) is 1.91. The van der Waals surface area contributed by atoms with Gasteiger partial charge in [-0.3, -0.25) is 14.0 Å². The van der Waals surface area contributed by atoms with Gasteiger partial charge in [-0.05, 0) is 18.6 Å². The SMILES string of the molecule is CN(CCCC(=O)O)C(=O)Cn1nc2ccccn2c1=O. The first kappa shape index (κ1) is 14.8. The lowest BCUT2D eigenvalue weighted by molar-refractivity contribution is -0.138. The van der Waals surface area contributed by atoms with Crippen molar-refractivity contribution in [3.8, 4) is 0 Å². The number of carboxylic acids is 1. The summed E-state index contributed by atoms with van der Waals surface area (Å²) in [5.41, 5.74) is 0.0988. The van der Waals surface area contributed by atoms with E-state index in [0.717, 1.165) is 4.68 Å². The minimum atomic E-state index is -0.896. The van der Waals surface area contributed by atoms with Crippen molar-refractivity contribution in [1.82, 2.24) is 19.1 Å². The normalized spacial score (nSPS) is 10.7. The van der Waals surface area contributed by atoms with Gasteiger partial charge in [0.05, 0.1) is 0 Å². The first-order valence-corrected chi connectivity index (χ1v) is 6.49. The van der Waals surface area contributed by atoms with Gasteiger partial charge in [0.15, 0.2) is 5.65 Å². The Balaban J connectivity index is 2.02. The van der Waals surface area contributed by atoms with Crippen LogP contribution in [0.5, 0.6) is 0 Å². The number of rotatable bonds is 6. The molecule has 0 aliphatic rings. The number of hydrogen-bond donors (Lipinski definition) is 1. The zero-order chi connectivity index (χ0) is 15.4. The van der Waals surface area contributed by atoms with Crippen LogP contribution in [0.15, 0.2) is 29.2 Å². The number of carbonyl (C=O) groups is 2. The molecule has 0 bridgehead atoms. The molecule has 2 rings (SSSR count). The summed E-state index contributed by atoms with van der Waals surface area (Å²) in [6, 6.07) is 5.14. The third kappa shape index (κ3) is 3.47. The molecule has 2 aromatic rings. The number of carboxylic acid groups (broad SMARTS) is 1. The second-order valence-electron chi connectivity index (χ2n) is 4.68. The van der Waals surface area contributed by atoms with E-state index in [2.05, 4.69) is 5.10 Å². The topological polar surface area (TPSA) is 96.9 Å². The molecule has 8 nitrogen and oxygen atoms in total. The summed E-state index contributed by atoms with van der Waals surface area (Å²) in [6.45, 7) is 0.164. The van der Waals surface area contributed by atoms with E-state index in [-0.39, 0.29) is 24.6 Å².